The van der Waals surface area contributed by atoms with Gasteiger partial charge in [-0.1, -0.05) is 139 Å². The number of nitrogens with zero attached hydrogens (tertiary/aromatic N) is 2. The predicted octanol–water partition coefficient (Wildman–Crippen LogP) is 16.5. The zero-order chi connectivity index (χ0) is 44.1. The lowest BCUT2D eigenvalue weighted by molar-refractivity contribution is 0.00584. The van der Waals surface area contributed by atoms with Gasteiger partial charge in [-0.3, -0.25) is 0 Å². The first-order chi connectivity index (χ1) is 29.7. The topological polar surface area (TPSA) is 78.4 Å². The van der Waals surface area contributed by atoms with Gasteiger partial charge in [-0.25, -0.2) is 9.59 Å². The van der Waals surface area contributed by atoms with Crippen LogP contribution < -0.4 is 0 Å². The van der Waals surface area contributed by atoms with Crippen molar-refractivity contribution in [2.45, 2.75) is 162 Å². The van der Waals surface area contributed by atoms with Gasteiger partial charge in [-0.15, -0.1) is 22.7 Å². The van der Waals surface area contributed by atoms with Crippen LogP contribution in [0.15, 0.2) is 72.1 Å². The molecule has 0 fully saturated rings. The van der Waals surface area contributed by atoms with Crippen molar-refractivity contribution < 1.29 is 19.1 Å². The second-order valence-electron chi connectivity index (χ2n) is 19.1. The number of ether oxygens (including phenoxy) is 2. The van der Waals surface area contributed by atoms with Crippen LogP contribution in [0.5, 0.6) is 0 Å². The maximum atomic E-state index is 14.2. The number of aromatic nitrogens is 2. The molecule has 9 heteroatoms. The van der Waals surface area contributed by atoms with E-state index in [4.69, 9.17) is 18.2 Å². The van der Waals surface area contributed by atoms with Gasteiger partial charge in [0.25, 0.3) is 0 Å². The Labute approximate surface area is 381 Å². The van der Waals surface area contributed by atoms with Gasteiger partial charge in [0.15, 0.2) is 0 Å². The molecule has 3 aromatic carbocycles. The second kappa shape index (κ2) is 19.7. The summed E-state index contributed by atoms with van der Waals surface area (Å²) in [5.41, 5.74) is 9.40. The van der Waals surface area contributed by atoms with Crippen molar-refractivity contribution in [3.05, 3.63) is 94.4 Å². The summed E-state index contributed by atoms with van der Waals surface area (Å²) in [5.74, 6) is -0.736. The van der Waals surface area contributed by atoms with E-state index in [0.29, 0.717) is 22.2 Å². The molecule has 328 valence electrons. The smallest absolute Gasteiger partial charge is 0.340 e. The Bertz CT molecular complexity index is 2480. The molecule has 3 heterocycles. The minimum Gasteiger partial charge on any atom is -0.456 e. The van der Waals surface area contributed by atoms with E-state index in [1.54, 1.807) is 11.3 Å². The van der Waals surface area contributed by atoms with Crippen LogP contribution in [0.1, 0.15) is 177 Å². The Morgan fingerprint density at radius 2 is 1.11 bits per heavy atom. The van der Waals surface area contributed by atoms with Crippen LogP contribution in [0.4, 0.5) is 0 Å². The van der Waals surface area contributed by atoms with Crippen LogP contribution in [0, 0.1) is 0 Å². The molecular formula is C53H64N2O4S3. The van der Waals surface area contributed by atoms with Crippen LogP contribution in [-0.4, -0.2) is 31.9 Å². The fourth-order valence-electron chi connectivity index (χ4n) is 9.15. The highest BCUT2D eigenvalue weighted by Gasteiger charge is 2.42. The Morgan fingerprint density at radius 1 is 0.581 bits per heavy atom. The normalized spacial score (nSPS) is 13.4. The molecule has 7 rings (SSSR count). The van der Waals surface area contributed by atoms with Crippen LogP contribution in [0.3, 0.4) is 0 Å². The summed E-state index contributed by atoms with van der Waals surface area (Å²) in [6, 6.07) is 24.0. The number of fused-ring (bicyclic) bond motifs is 4. The lowest BCUT2D eigenvalue weighted by Gasteiger charge is -2.33. The zero-order valence-electron chi connectivity index (χ0n) is 38.1. The largest absolute Gasteiger partial charge is 0.456 e. The van der Waals surface area contributed by atoms with E-state index >= 15 is 0 Å². The fourth-order valence-corrected chi connectivity index (χ4v) is 11.8. The van der Waals surface area contributed by atoms with Crippen molar-refractivity contribution in [3.63, 3.8) is 0 Å². The highest BCUT2D eigenvalue weighted by Crippen LogP contribution is 2.55. The molecule has 0 radical (unpaired) electrons. The van der Waals surface area contributed by atoms with E-state index in [0.717, 1.165) is 55.9 Å². The van der Waals surface area contributed by atoms with Gasteiger partial charge in [0, 0.05) is 21.4 Å². The van der Waals surface area contributed by atoms with Crippen molar-refractivity contribution in [3.8, 4) is 42.4 Å². The first-order valence-corrected chi connectivity index (χ1v) is 25.4. The SMILES string of the molecule is CCCCCCCCC1(CCCCCCCC)c2ccccc2-c2ccc(-c3cc(C(=O)OC(C)(C)C)c(-c4ccc(-c5sccc5C(=O)OC(C)(C)C)c5nsnc45)s3)cc21. The molecule has 0 amide bonds. The van der Waals surface area contributed by atoms with Gasteiger partial charge >= 0.3 is 11.9 Å². The van der Waals surface area contributed by atoms with Gasteiger partial charge in [0.1, 0.15) is 22.2 Å². The molecule has 3 aromatic heterocycles. The van der Waals surface area contributed by atoms with E-state index in [2.05, 4.69) is 56.3 Å². The van der Waals surface area contributed by atoms with Crippen LogP contribution in [0.2, 0.25) is 0 Å². The molecule has 0 aliphatic heterocycles. The average Bonchev–Trinajstić information content (AvgIpc) is 4.05. The van der Waals surface area contributed by atoms with E-state index in [1.165, 1.54) is 111 Å². The molecule has 0 spiro atoms. The summed E-state index contributed by atoms with van der Waals surface area (Å²) >= 11 is 4.22. The monoisotopic (exact) mass is 888 g/mol. The van der Waals surface area contributed by atoms with E-state index in [9.17, 15) is 9.59 Å². The molecular weight excluding hydrogens is 825 g/mol. The summed E-state index contributed by atoms with van der Waals surface area (Å²) in [6.45, 7) is 15.9. The quantitative estimate of drug-likeness (QED) is 0.0595. The number of thiophene rings is 2. The molecule has 62 heavy (non-hydrogen) atoms. The summed E-state index contributed by atoms with van der Waals surface area (Å²) in [4.78, 5) is 30.1. The van der Waals surface area contributed by atoms with Crippen LogP contribution >= 0.6 is 34.4 Å². The third kappa shape index (κ3) is 10.1. The van der Waals surface area contributed by atoms with Crippen molar-refractivity contribution in [1.82, 2.24) is 8.75 Å². The van der Waals surface area contributed by atoms with Crippen molar-refractivity contribution >= 4 is 57.4 Å². The molecule has 1 aliphatic carbocycles. The van der Waals surface area contributed by atoms with E-state index < -0.39 is 11.2 Å². The number of hydrogen-bond donors (Lipinski definition) is 0. The summed E-state index contributed by atoms with van der Waals surface area (Å²) in [7, 11) is 0. The Kier molecular flexibility index (Phi) is 14.6. The number of esters is 2. The number of benzene rings is 3. The van der Waals surface area contributed by atoms with Crippen molar-refractivity contribution in [2.24, 2.45) is 0 Å². The summed E-state index contributed by atoms with van der Waals surface area (Å²) in [5, 5.41) is 1.91. The Balaban J connectivity index is 1.31. The third-order valence-electron chi connectivity index (χ3n) is 12.0. The number of carbonyl (C=O) groups is 2. The first kappa shape index (κ1) is 45.8. The average molecular weight is 889 g/mol. The molecule has 0 unspecified atom stereocenters. The highest BCUT2D eigenvalue weighted by molar-refractivity contribution is 7.19. The summed E-state index contributed by atoms with van der Waals surface area (Å²) in [6.07, 6.45) is 17.6. The molecule has 0 saturated heterocycles. The zero-order valence-corrected chi connectivity index (χ0v) is 40.5. The molecule has 6 nitrogen and oxygen atoms in total. The van der Waals surface area contributed by atoms with Gasteiger partial charge in [-0.2, -0.15) is 8.75 Å². The fraction of sp³-hybridized carbons (Fsp3) is 0.472. The van der Waals surface area contributed by atoms with E-state index in [-0.39, 0.29) is 17.4 Å². The molecule has 0 atom stereocenters. The summed E-state index contributed by atoms with van der Waals surface area (Å²) < 4.78 is 21.5. The lowest BCUT2D eigenvalue weighted by atomic mass is 9.70. The van der Waals surface area contributed by atoms with Gasteiger partial charge < -0.3 is 9.47 Å². The predicted molar refractivity (Wildman–Crippen MR) is 262 cm³/mol. The van der Waals surface area contributed by atoms with Crippen LogP contribution in [0.25, 0.3) is 53.5 Å². The number of unbranched alkanes of at least 4 members (excludes halogenated alkanes) is 10. The third-order valence-corrected chi connectivity index (χ3v) is 14.7. The Morgan fingerprint density at radius 3 is 1.73 bits per heavy atom. The lowest BCUT2D eigenvalue weighted by Crippen LogP contribution is -2.25. The molecule has 6 aromatic rings. The second-order valence-corrected chi connectivity index (χ2v) is 21.6. The minimum absolute atomic E-state index is 0.0558. The minimum atomic E-state index is -0.679. The van der Waals surface area contributed by atoms with Gasteiger partial charge in [0.05, 0.1) is 32.6 Å². The maximum Gasteiger partial charge on any atom is 0.340 e. The standard InChI is InChI=1S/C53H64N2O4S3/c1-9-11-13-15-17-21-30-53(31-22-18-16-14-12-10-2)42-24-20-19-23-36(42)37-26-25-35(33-43(37)53)44-34-41(50(57)59-52(6,7)8)48(61-44)39-28-27-38(45-46(39)55-62-54-45)47-40(29-32-60-47)49(56)58-51(3,4)5/h19-20,23-29,32-34H,9-18,21-22,30-31H2,1-8H3. The first-order valence-electron chi connectivity index (χ1n) is 22.9. The van der Waals surface area contributed by atoms with Gasteiger partial charge in [-0.05, 0) is 106 Å². The molecule has 0 bridgehead atoms. The van der Waals surface area contributed by atoms with E-state index in [1.807, 2.05) is 71.2 Å². The maximum absolute atomic E-state index is 14.2. The van der Waals surface area contributed by atoms with Crippen molar-refractivity contribution in [2.75, 3.05) is 0 Å². The molecule has 0 saturated carbocycles. The van der Waals surface area contributed by atoms with Crippen molar-refractivity contribution in [1.29, 1.82) is 0 Å². The molecule has 0 N–H and O–H groups in total. The Hall–Kier alpha value is -4.18. The van der Waals surface area contributed by atoms with Crippen LogP contribution in [-0.2, 0) is 14.9 Å². The molecule has 1 aliphatic rings. The number of hydrogen-bond acceptors (Lipinski definition) is 9. The van der Waals surface area contributed by atoms with Gasteiger partial charge in [0.2, 0.25) is 0 Å². The number of carbonyl (C=O) groups excluding carboxylic acids is 2. The highest BCUT2D eigenvalue weighted by atomic mass is 32.1. The number of rotatable bonds is 19.